The summed E-state index contributed by atoms with van der Waals surface area (Å²) in [6.45, 7) is 4.25. The molecule has 1 nitrogen and oxygen atoms in total. The van der Waals surface area contributed by atoms with Gasteiger partial charge in [0.25, 0.3) is 0 Å². The van der Waals surface area contributed by atoms with Crippen molar-refractivity contribution in [2.45, 2.75) is 37.2 Å². The smallest absolute Gasteiger partial charge is 0.0658 e. The molecule has 1 aromatic rings. The fourth-order valence-electron chi connectivity index (χ4n) is 2.57. The number of benzene rings is 1. The van der Waals surface area contributed by atoms with E-state index in [1.807, 2.05) is 24.8 Å². The molecule has 0 heterocycles. The maximum Gasteiger partial charge on any atom is 0.0658 e. The SMILES string of the molecule is C[C@H]1CC[C@@](C)(O)[C@@H]1CSc1ccccc1. The highest BCUT2D eigenvalue weighted by Crippen LogP contribution is 2.42. The van der Waals surface area contributed by atoms with Crippen LogP contribution in [0.3, 0.4) is 0 Å². The first-order valence-electron chi connectivity index (χ1n) is 6.00. The molecule has 1 fully saturated rings. The summed E-state index contributed by atoms with van der Waals surface area (Å²) >= 11 is 1.86. The highest BCUT2D eigenvalue weighted by atomic mass is 32.2. The molecule has 0 aliphatic heterocycles. The van der Waals surface area contributed by atoms with Gasteiger partial charge in [0.1, 0.15) is 0 Å². The van der Waals surface area contributed by atoms with Crippen LogP contribution < -0.4 is 0 Å². The van der Waals surface area contributed by atoms with E-state index in [0.717, 1.165) is 18.6 Å². The highest BCUT2D eigenvalue weighted by molar-refractivity contribution is 7.99. The molecule has 88 valence electrons. The molecule has 2 heteroatoms. The number of aliphatic hydroxyl groups is 1. The van der Waals surface area contributed by atoms with Crippen LogP contribution in [0.15, 0.2) is 35.2 Å². The van der Waals surface area contributed by atoms with E-state index in [0.29, 0.717) is 11.8 Å². The van der Waals surface area contributed by atoms with Crippen LogP contribution in [-0.2, 0) is 0 Å². The van der Waals surface area contributed by atoms with E-state index in [-0.39, 0.29) is 0 Å². The van der Waals surface area contributed by atoms with Crippen LogP contribution in [0, 0.1) is 11.8 Å². The minimum Gasteiger partial charge on any atom is -0.390 e. The topological polar surface area (TPSA) is 20.2 Å². The summed E-state index contributed by atoms with van der Waals surface area (Å²) in [5.41, 5.74) is -0.457. The molecule has 0 aromatic heterocycles. The Morgan fingerprint density at radius 1 is 1.38 bits per heavy atom. The maximum absolute atomic E-state index is 10.3. The van der Waals surface area contributed by atoms with Gasteiger partial charge in [-0.05, 0) is 43.7 Å². The molecule has 1 aliphatic rings. The Kier molecular flexibility index (Phi) is 3.60. The zero-order valence-electron chi connectivity index (χ0n) is 10.0. The van der Waals surface area contributed by atoms with Gasteiger partial charge < -0.3 is 5.11 Å². The Morgan fingerprint density at radius 2 is 2.06 bits per heavy atom. The Morgan fingerprint density at radius 3 is 2.62 bits per heavy atom. The number of hydrogen-bond acceptors (Lipinski definition) is 2. The van der Waals surface area contributed by atoms with Crippen LogP contribution in [-0.4, -0.2) is 16.5 Å². The molecular formula is C14H20OS. The van der Waals surface area contributed by atoms with Gasteiger partial charge in [-0.2, -0.15) is 0 Å². The van der Waals surface area contributed by atoms with Gasteiger partial charge in [-0.15, -0.1) is 11.8 Å². The largest absolute Gasteiger partial charge is 0.390 e. The predicted molar refractivity (Wildman–Crippen MR) is 69.7 cm³/mol. The fourth-order valence-corrected chi connectivity index (χ4v) is 3.98. The zero-order valence-corrected chi connectivity index (χ0v) is 10.8. The third-order valence-electron chi connectivity index (χ3n) is 3.76. The van der Waals surface area contributed by atoms with Gasteiger partial charge in [-0.25, -0.2) is 0 Å². The average Bonchev–Trinajstić information content (AvgIpc) is 2.52. The summed E-state index contributed by atoms with van der Waals surface area (Å²) in [4.78, 5) is 1.30. The van der Waals surface area contributed by atoms with Crippen molar-refractivity contribution in [2.24, 2.45) is 11.8 Å². The molecule has 16 heavy (non-hydrogen) atoms. The quantitative estimate of drug-likeness (QED) is 0.810. The van der Waals surface area contributed by atoms with Crippen molar-refractivity contribution in [3.8, 4) is 0 Å². The minimum absolute atomic E-state index is 0.428. The van der Waals surface area contributed by atoms with Gasteiger partial charge in [0.15, 0.2) is 0 Å². The van der Waals surface area contributed by atoms with E-state index < -0.39 is 5.60 Å². The van der Waals surface area contributed by atoms with Gasteiger partial charge in [0.05, 0.1) is 5.60 Å². The maximum atomic E-state index is 10.3. The number of thioether (sulfide) groups is 1. The first-order chi connectivity index (χ1) is 7.59. The lowest BCUT2D eigenvalue weighted by Gasteiger charge is -2.27. The zero-order chi connectivity index (χ0) is 11.6. The third-order valence-corrected chi connectivity index (χ3v) is 4.90. The number of rotatable bonds is 3. The van der Waals surface area contributed by atoms with Crippen LogP contribution in [0.2, 0.25) is 0 Å². The molecule has 1 aliphatic carbocycles. The van der Waals surface area contributed by atoms with Crippen LogP contribution >= 0.6 is 11.8 Å². The van der Waals surface area contributed by atoms with E-state index in [9.17, 15) is 5.11 Å². The molecular weight excluding hydrogens is 216 g/mol. The lowest BCUT2D eigenvalue weighted by molar-refractivity contribution is 0.0223. The molecule has 0 radical (unpaired) electrons. The van der Waals surface area contributed by atoms with Crippen molar-refractivity contribution in [3.05, 3.63) is 30.3 Å². The summed E-state index contributed by atoms with van der Waals surface area (Å²) in [7, 11) is 0. The molecule has 0 amide bonds. The lowest BCUT2D eigenvalue weighted by Crippen LogP contribution is -2.32. The Hall–Kier alpha value is -0.470. The van der Waals surface area contributed by atoms with Gasteiger partial charge in [-0.1, -0.05) is 25.1 Å². The van der Waals surface area contributed by atoms with Crippen molar-refractivity contribution in [2.75, 3.05) is 5.75 Å². The van der Waals surface area contributed by atoms with Crippen molar-refractivity contribution in [1.82, 2.24) is 0 Å². The molecule has 1 saturated carbocycles. The van der Waals surface area contributed by atoms with Gasteiger partial charge >= 0.3 is 0 Å². The van der Waals surface area contributed by atoms with E-state index >= 15 is 0 Å². The second kappa shape index (κ2) is 4.80. The average molecular weight is 236 g/mol. The molecule has 0 bridgehead atoms. The molecule has 2 rings (SSSR count). The lowest BCUT2D eigenvalue weighted by atomic mass is 9.90. The normalized spacial score (nSPS) is 34.2. The van der Waals surface area contributed by atoms with Crippen molar-refractivity contribution >= 4 is 11.8 Å². The Bertz CT molecular complexity index is 334. The molecule has 0 spiro atoms. The molecule has 0 unspecified atom stereocenters. The standard InChI is InChI=1S/C14H20OS/c1-11-8-9-14(2,15)13(11)10-16-12-6-4-3-5-7-12/h3-7,11,13,15H,8-10H2,1-2H3/t11-,13+,14+/m0/s1. The van der Waals surface area contributed by atoms with Crippen molar-refractivity contribution in [3.63, 3.8) is 0 Å². The predicted octanol–water partition coefficient (Wildman–Crippen LogP) is 3.58. The van der Waals surface area contributed by atoms with Gasteiger partial charge in [0.2, 0.25) is 0 Å². The van der Waals surface area contributed by atoms with E-state index in [4.69, 9.17) is 0 Å². The Labute approximate surface area is 102 Å². The fraction of sp³-hybridized carbons (Fsp3) is 0.571. The summed E-state index contributed by atoms with van der Waals surface area (Å²) in [5.74, 6) is 2.10. The van der Waals surface area contributed by atoms with Gasteiger partial charge in [-0.3, -0.25) is 0 Å². The molecule has 3 atom stereocenters. The first kappa shape index (κ1) is 12.0. The Balaban J connectivity index is 1.95. The second-order valence-corrected chi connectivity index (χ2v) is 6.20. The monoisotopic (exact) mass is 236 g/mol. The van der Waals surface area contributed by atoms with Gasteiger partial charge in [0, 0.05) is 10.6 Å². The highest BCUT2D eigenvalue weighted by Gasteiger charge is 2.41. The summed E-state index contributed by atoms with van der Waals surface area (Å²) in [6.07, 6.45) is 2.11. The summed E-state index contributed by atoms with van der Waals surface area (Å²) in [5, 5.41) is 10.3. The molecule has 1 N–H and O–H groups in total. The van der Waals surface area contributed by atoms with Crippen LogP contribution in [0.1, 0.15) is 26.7 Å². The first-order valence-corrected chi connectivity index (χ1v) is 6.98. The second-order valence-electron chi connectivity index (χ2n) is 5.10. The third kappa shape index (κ3) is 2.61. The summed E-state index contributed by atoms with van der Waals surface area (Å²) in [6, 6.07) is 10.5. The van der Waals surface area contributed by atoms with E-state index in [2.05, 4.69) is 31.2 Å². The molecule has 1 aromatic carbocycles. The molecule has 0 saturated heterocycles. The van der Waals surface area contributed by atoms with Crippen LogP contribution in [0.4, 0.5) is 0 Å². The van der Waals surface area contributed by atoms with Crippen molar-refractivity contribution < 1.29 is 5.11 Å². The van der Waals surface area contributed by atoms with Crippen LogP contribution in [0.5, 0.6) is 0 Å². The van der Waals surface area contributed by atoms with Crippen molar-refractivity contribution in [1.29, 1.82) is 0 Å². The summed E-state index contributed by atoms with van der Waals surface area (Å²) < 4.78 is 0. The van der Waals surface area contributed by atoms with E-state index in [1.54, 1.807) is 0 Å². The number of hydrogen-bond donors (Lipinski definition) is 1. The van der Waals surface area contributed by atoms with Crippen LogP contribution in [0.25, 0.3) is 0 Å². The minimum atomic E-state index is -0.457. The van der Waals surface area contributed by atoms with E-state index in [1.165, 1.54) is 4.90 Å².